The molecule has 0 fully saturated rings. The average Bonchev–Trinajstić information content (AvgIpc) is 3.42. The van der Waals surface area contributed by atoms with Crippen LogP contribution in [0.15, 0.2) is 47.1 Å². The van der Waals surface area contributed by atoms with Gasteiger partial charge < -0.3 is 24.5 Å². The van der Waals surface area contributed by atoms with Crippen molar-refractivity contribution in [1.29, 1.82) is 0 Å². The molecular formula is C22H20N2O7S. The lowest BCUT2D eigenvalue weighted by Crippen LogP contribution is -2.16. The Hall–Kier alpha value is -3.92. The molecule has 2 amide bonds. The molecule has 3 aromatic rings. The molecule has 0 bridgehead atoms. The molecule has 0 spiro atoms. The Balaban J connectivity index is 1.96. The van der Waals surface area contributed by atoms with E-state index in [0.29, 0.717) is 5.56 Å². The van der Waals surface area contributed by atoms with Crippen molar-refractivity contribution in [2.24, 2.45) is 0 Å². The molecule has 2 heterocycles. The third-order valence-corrected chi connectivity index (χ3v) is 5.59. The van der Waals surface area contributed by atoms with Crippen LogP contribution in [0.1, 0.15) is 53.4 Å². The molecule has 0 aliphatic heterocycles. The average molecular weight is 456 g/mol. The zero-order valence-electron chi connectivity index (χ0n) is 17.5. The number of hydrogen-bond donors (Lipinski definition) is 2. The molecule has 0 unspecified atom stereocenters. The Morgan fingerprint density at radius 1 is 1.00 bits per heavy atom. The number of hydrogen-bond acceptors (Lipinski definition) is 8. The Kier molecular flexibility index (Phi) is 7.06. The standard InChI is InChI=1S/C22H20N2O7S/c1-4-30-22(28)16-12(2)17(32-20(16)24-18(25)15-10-7-11-31-15)19(26)23-14-9-6-5-8-13(14)21(27)29-3/h5-11H,4H2,1-3H3,(H,23,26)(H,24,25). The molecule has 2 N–H and O–H groups in total. The van der Waals surface area contributed by atoms with E-state index in [0.717, 1.165) is 11.3 Å². The number of methoxy groups -OCH3 is 1. The van der Waals surface area contributed by atoms with Crippen molar-refractivity contribution in [2.75, 3.05) is 24.4 Å². The highest BCUT2D eigenvalue weighted by atomic mass is 32.1. The fraction of sp³-hybridized carbons (Fsp3) is 0.182. The van der Waals surface area contributed by atoms with Gasteiger partial charge in [0.15, 0.2) is 5.76 Å². The van der Waals surface area contributed by atoms with Gasteiger partial charge in [0.25, 0.3) is 11.8 Å². The lowest BCUT2D eigenvalue weighted by atomic mass is 10.1. The summed E-state index contributed by atoms with van der Waals surface area (Å²) in [7, 11) is 1.24. The second-order valence-corrected chi connectivity index (χ2v) is 7.42. The molecule has 0 aliphatic rings. The fourth-order valence-corrected chi connectivity index (χ4v) is 3.98. The highest BCUT2D eigenvalue weighted by molar-refractivity contribution is 7.19. The van der Waals surface area contributed by atoms with Gasteiger partial charge in [0.05, 0.1) is 41.7 Å². The van der Waals surface area contributed by atoms with Crippen LogP contribution >= 0.6 is 11.3 Å². The monoisotopic (exact) mass is 456 g/mol. The van der Waals surface area contributed by atoms with E-state index < -0.39 is 23.8 Å². The summed E-state index contributed by atoms with van der Waals surface area (Å²) in [5.74, 6) is -2.38. The molecular weight excluding hydrogens is 436 g/mol. The van der Waals surface area contributed by atoms with Gasteiger partial charge in [-0.15, -0.1) is 11.3 Å². The van der Waals surface area contributed by atoms with Gasteiger partial charge in [0, 0.05) is 0 Å². The smallest absolute Gasteiger partial charge is 0.341 e. The van der Waals surface area contributed by atoms with Crippen molar-refractivity contribution in [3.63, 3.8) is 0 Å². The van der Waals surface area contributed by atoms with Crippen LogP contribution in [0, 0.1) is 6.92 Å². The van der Waals surface area contributed by atoms with E-state index in [9.17, 15) is 19.2 Å². The topological polar surface area (TPSA) is 124 Å². The molecule has 0 saturated heterocycles. The maximum atomic E-state index is 13.0. The summed E-state index contributed by atoms with van der Waals surface area (Å²) in [6.45, 7) is 3.35. The molecule has 0 saturated carbocycles. The number of benzene rings is 1. The first kappa shape index (κ1) is 22.8. The first-order valence-electron chi connectivity index (χ1n) is 9.51. The van der Waals surface area contributed by atoms with Gasteiger partial charge in [0.2, 0.25) is 0 Å². The van der Waals surface area contributed by atoms with Crippen molar-refractivity contribution in [3.05, 3.63) is 70.0 Å². The van der Waals surface area contributed by atoms with E-state index in [2.05, 4.69) is 10.6 Å². The molecule has 2 aromatic heterocycles. The Morgan fingerprint density at radius 3 is 2.41 bits per heavy atom. The Labute approximate surface area is 187 Å². The van der Waals surface area contributed by atoms with Crippen LogP contribution in [0.25, 0.3) is 0 Å². The largest absolute Gasteiger partial charge is 0.465 e. The number of furan rings is 1. The van der Waals surface area contributed by atoms with Crippen molar-refractivity contribution in [1.82, 2.24) is 0 Å². The minimum atomic E-state index is -0.676. The van der Waals surface area contributed by atoms with Crippen LogP contribution in [0.2, 0.25) is 0 Å². The van der Waals surface area contributed by atoms with E-state index in [4.69, 9.17) is 13.9 Å². The Bertz CT molecular complexity index is 1170. The minimum absolute atomic E-state index is 0.0452. The number of esters is 2. The van der Waals surface area contributed by atoms with E-state index in [-0.39, 0.29) is 39.1 Å². The predicted molar refractivity (Wildman–Crippen MR) is 117 cm³/mol. The van der Waals surface area contributed by atoms with Gasteiger partial charge >= 0.3 is 11.9 Å². The minimum Gasteiger partial charge on any atom is -0.465 e. The van der Waals surface area contributed by atoms with Crippen molar-refractivity contribution in [2.45, 2.75) is 13.8 Å². The van der Waals surface area contributed by atoms with Crippen molar-refractivity contribution >= 4 is 45.8 Å². The fourth-order valence-electron chi connectivity index (χ4n) is 2.90. The summed E-state index contributed by atoms with van der Waals surface area (Å²) < 4.78 is 14.9. The molecule has 0 atom stereocenters. The first-order valence-corrected chi connectivity index (χ1v) is 10.3. The number of thiophene rings is 1. The molecule has 3 rings (SSSR count). The molecule has 10 heteroatoms. The summed E-state index contributed by atoms with van der Waals surface area (Å²) in [6, 6.07) is 9.39. The van der Waals surface area contributed by atoms with Crippen molar-refractivity contribution in [3.8, 4) is 0 Å². The molecule has 1 aromatic carbocycles. The number of carbonyl (C=O) groups excluding carboxylic acids is 4. The van der Waals surface area contributed by atoms with Crippen LogP contribution in [0.3, 0.4) is 0 Å². The van der Waals surface area contributed by atoms with Gasteiger partial charge in [-0.3, -0.25) is 9.59 Å². The lowest BCUT2D eigenvalue weighted by Gasteiger charge is -2.09. The zero-order chi connectivity index (χ0) is 23.3. The Morgan fingerprint density at radius 2 is 1.75 bits per heavy atom. The summed E-state index contributed by atoms with van der Waals surface area (Å²) in [5.41, 5.74) is 0.824. The number of carbonyl (C=O) groups is 4. The van der Waals surface area contributed by atoms with E-state index in [1.54, 1.807) is 38.1 Å². The molecule has 0 radical (unpaired) electrons. The van der Waals surface area contributed by atoms with Gasteiger partial charge in [-0.25, -0.2) is 9.59 Å². The van der Waals surface area contributed by atoms with Crippen LogP contribution in [-0.4, -0.2) is 37.5 Å². The van der Waals surface area contributed by atoms with Crippen molar-refractivity contribution < 1.29 is 33.1 Å². The summed E-state index contributed by atoms with van der Waals surface area (Å²) in [5, 5.41) is 5.41. The van der Waals surface area contributed by atoms with E-state index in [1.807, 2.05) is 0 Å². The van der Waals surface area contributed by atoms with Gasteiger partial charge in [0.1, 0.15) is 5.00 Å². The number of anilines is 2. The second-order valence-electron chi connectivity index (χ2n) is 6.40. The third-order valence-electron chi connectivity index (χ3n) is 4.39. The van der Waals surface area contributed by atoms with Gasteiger partial charge in [-0.2, -0.15) is 0 Å². The maximum absolute atomic E-state index is 13.0. The summed E-state index contributed by atoms with van der Waals surface area (Å²) in [6.07, 6.45) is 1.35. The number of ether oxygens (including phenoxy) is 2. The SMILES string of the molecule is CCOC(=O)c1c(NC(=O)c2ccco2)sc(C(=O)Nc2ccccc2C(=O)OC)c1C. The normalized spacial score (nSPS) is 10.3. The quantitative estimate of drug-likeness (QED) is 0.513. The lowest BCUT2D eigenvalue weighted by molar-refractivity contribution is 0.0526. The number of amides is 2. The van der Waals surface area contributed by atoms with Crippen LogP contribution in [-0.2, 0) is 9.47 Å². The van der Waals surface area contributed by atoms with Gasteiger partial charge in [-0.1, -0.05) is 12.1 Å². The highest BCUT2D eigenvalue weighted by Crippen LogP contribution is 2.35. The zero-order valence-corrected chi connectivity index (χ0v) is 18.3. The van der Waals surface area contributed by atoms with Crippen LogP contribution < -0.4 is 10.6 Å². The van der Waals surface area contributed by atoms with E-state index in [1.165, 1.54) is 25.5 Å². The molecule has 32 heavy (non-hydrogen) atoms. The third kappa shape index (κ3) is 4.70. The van der Waals surface area contributed by atoms with Gasteiger partial charge in [-0.05, 0) is 43.7 Å². The van der Waals surface area contributed by atoms with Crippen LogP contribution in [0.5, 0.6) is 0 Å². The predicted octanol–water partition coefficient (Wildman–Crippen LogP) is 4.12. The van der Waals surface area contributed by atoms with Crippen LogP contribution in [0.4, 0.5) is 10.7 Å². The number of rotatable bonds is 7. The molecule has 9 nitrogen and oxygen atoms in total. The second kappa shape index (κ2) is 9.92. The number of nitrogens with one attached hydrogen (secondary N) is 2. The highest BCUT2D eigenvalue weighted by Gasteiger charge is 2.28. The summed E-state index contributed by atoms with van der Waals surface area (Å²) in [4.78, 5) is 50.2. The molecule has 166 valence electrons. The first-order chi connectivity index (χ1) is 15.4. The molecule has 0 aliphatic carbocycles. The maximum Gasteiger partial charge on any atom is 0.341 e. The summed E-state index contributed by atoms with van der Waals surface area (Å²) >= 11 is 0.911. The van der Waals surface area contributed by atoms with E-state index >= 15 is 0 Å². The number of para-hydroxylation sites is 1.